The predicted molar refractivity (Wildman–Crippen MR) is 77.8 cm³/mol. The van der Waals surface area contributed by atoms with Crippen LogP contribution in [-0.2, 0) is 19.9 Å². The molecule has 1 aliphatic heterocycles. The maximum atomic E-state index is 12.2. The van der Waals surface area contributed by atoms with Gasteiger partial charge in [-0.3, -0.25) is 4.72 Å². The van der Waals surface area contributed by atoms with Gasteiger partial charge in [0.05, 0.1) is 23.9 Å². The van der Waals surface area contributed by atoms with E-state index in [1.807, 2.05) is 0 Å². The van der Waals surface area contributed by atoms with E-state index in [9.17, 15) is 16.8 Å². The van der Waals surface area contributed by atoms with Crippen molar-refractivity contribution < 1.29 is 21.6 Å². The molecule has 1 saturated heterocycles. The molecule has 0 unspecified atom stereocenters. The standard InChI is InChI=1S/C10H14ClN3O5S2/c1-19-9-6-8(11)12-10(13-9)14-21(17,18)7-2-4-20(15,16)5-3-7/h6-7H,2-5H2,1H3,(H,12,13,14). The number of anilines is 1. The van der Waals surface area contributed by atoms with Gasteiger partial charge in [0.1, 0.15) is 15.0 Å². The van der Waals surface area contributed by atoms with E-state index in [2.05, 4.69) is 14.7 Å². The fourth-order valence-corrected chi connectivity index (χ4v) is 5.27. The third-order valence-corrected chi connectivity index (χ3v) is 6.78. The van der Waals surface area contributed by atoms with Crippen LogP contribution in [0.4, 0.5) is 5.95 Å². The van der Waals surface area contributed by atoms with Crippen LogP contribution in [0.1, 0.15) is 12.8 Å². The molecular weight excluding hydrogens is 342 g/mol. The second kappa shape index (κ2) is 5.93. The Bertz CT molecular complexity index is 721. The Morgan fingerprint density at radius 3 is 2.52 bits per heavy atom. The average Bonchev–Trinajstić information content (AvgIpc) is 2.36. The number of ether oxygens (including phenoxy) is 1. The van der Waals surface area contributed by atoms with Gasteiger partial charge < -0.3 is 4.74 Å². The van der Waals surface area contributed by atoms with E-state index in [1.54, 1.807) is 0 Å². The van der Waals surface area contributed by atoms with Crippen molar-refractivity contribution in [2.45, 2.75) is 18.1 Å². The Labute approximate surface area is 127 Å². The van der Waals surface area contributed by atoms with Gasteiger partial charge in [-0.15, -0.1) is 0 Å². The molecule has 2 rings (SSSR count). The smallest absolute Gasteiger partial charge is 0.241 e. The quantitative estimate of drug-likeness (QED) is 0.780. The highest BCUT2D eigenvalue weighted by atomic mass is 35.5. The zero-order chi connectivity index (χ0) is 15.7. The van der Waals surface area contributed by atoms with Crippen LogP contribution in [0.5, 0.6) is 5.88 Å². The summed E-state index contributed by atoms with van der Waals surface area (Å²) in [6, 6.07) is 1.34. The van der Waals surface area contributed by atoms with Crippen LogP contribution < -0.4 is 9.46 Å². The lowest BCUT2D eigenvalue weighted by Crippen LogP contribution is -2.36. The van der Waals surface area contributed by atoms with E-state index in [4.69, 9.17) is 16.3 Å². The molecule has 21 heavy (non-hydrogen) atoms. The summed E-state index contributed by atoms with van der Waals surface area (Å²) in [6.07, 6.45) is 0.102. The first kappa shape index (κ1) is 16.2. The fourth-order valence-electron chi connectivity index (χ4n) is 1.94. The molecule has 8 nitrogen and oxygen atoms in total. The first-order valence-corrected chi connectivity index (χ1v) is 9.77. The van der Waals surface area contributed by atoms with Gasteiger partial charge in [-0.05, 0) is 12.8 Å². The Hall–Kier alpha value is -1.13. The van der Waals surface area contributed by atoms with Crippen LogP contribution in [0.25, 0.3) is 0 Å². The third kappa shape index (κ3) is 4.17. The highest BCUT2D eigenvalue weighted by molar-refractivity contribution is 7.94. The Balaban J connectivity index is 2.16. The largest absolute Gasteiger partial charge is 0.481 e. The zero-order valence-electron chi connectivity index (χ0n) is 11.1. The summed E-state index contributed by atoms with van der Waals surface area (Å²) >= 11 is 5.74. The number of halogens is 1. The Morgan fingerprint density at radius 1 is 1.33 bits per heavy atom. The number of aromatic nitrogens is 2. The van der Waals surface area contributed by atoms with Gasteiger partial charge in [0.2, 0.25) is 21.9 Å². The van der Waals surface area contributed by atoms with Crippen molar-refractivity contribution in [1.82, 2.24) is 9.97 Å². The van der Waals surface area contributed by atoms with Crippen LogP contribution in [0.3, 0.4) is 0 Å². The summed E-state index contributed by atoms with van der Waals surface area (Å²) in [5, 5.41) is -0.764. The van der Waals surface area contributed by atoms with E-state index in [1.165, 1.54) is 13.2 Å². The molecule has 1 aromatic heterocycles. The molecule has 1 aliphatic rings. The van der Waals surface area contributed by atoms with Crippen molar-refractivity contribution in [3.05, 3.63) is 11.2 Å². The topological polar surface area (TPSA) is 115 Å². The monoisotopic (exact) mass is 355 g/mol. The number of nitrogens with zero attached hydrogens (tertiary/aromatic N) is 2. The van der Waals surface area contributed by atoms with E-state index >= 15 is 0 Å². The fraction of sp³-hybridized carbons (Fsp3) is 0.600. The zero-order valence-corrected chi connectivity index (χ0v) is 13.5. The Morgan fingerprint density at radius 2 is 1.95 bits per heavy atom. The van der Waals surface area contributed by atoms with Gasteiger partial charge in [-0.25, -0.2) is 21.8 Å². The third-order valence-electron chi connectivity index (χ3n) is 3.05. The second-order valence-corrected chi connectivity index (χ2v) is 9.21. The second-order valence-electron chi connectivity index (χ2n) is 4.55. The maximum absolute atomic E-state index is 12.2. The highest BCUT2D eigenvalue weighted by Crippen LogP contribution is 2.22. The number of nitrogens with one attached hydrogen (secondary N) is 1. The van der Waals surface area contributed by atoms with Gasteiger partial charge in [0.15, 0.2) is 0 Å². The number of sulfonamides is 1. The van der Waals surface area contributed by atoms with Crippen LogP contribution in [-0.4, -0.2) is 50.7 Å². The SMILES string of the molecule is COc1cc(Cl)nc(NS(=O)(=O)C2CCS(=O)(=O)CC2)n1. The molecule has 0 amide bonds. The summed E-state index contributed by atoms with van der Waals surface area (Å²) in [6.45, 7) is 0. The molecule has 0 radical (unpaired) electrons. The van der Waals surface area contributed by atoms with Gasteiger partial charge in [0, 0.05) is 6.07 Å². The lowest BCUT2D eigenvalue weighted by molar-refractivity contribution is 0.397. The molecule has 1 N–H and O–H groups in total. The molecule has 1 aromatic rings. The van der Waals surface area contributed by atoms with Crippen molar-refractivity contribution >= 4 is 37.4 Å². The van der Waals surface area contributed by atoms with Gasteiger partial charge in [-0.1, -0.05) is 11.6 Å². The maximum Gasteiger partial charge on any atom is 0.241 e. The minimum absolute atomic E-state index is 0.0331. The molecule has 0 saturated carbocycles. The lowest BCUT2D eigenvalue weighted by Gasteiger charge is -2.22. The molecule has 0 spiro atoms. The minimum Gasteiger partial charge on any atom is -0.481 e. The van der Waals surface area contributed by atoms with E-state index in [-0.39, 0.29) is 41.3 Å². The number of rotatable bonds is 4. The minimum atomic E-state index is -3.78. The molecule has 1 fully saturated rings. The molecule has 2 heterocycles. The van der Waals surface area contributed by atoms with E-state index < -0.39 is 25.1 Å². The number of hydrogen-bond donors (Lipinski definition) is 1. The normalized spacial score (nSPS) is 19.1. The first-order chi connectivity index (χ1) is 9.72. The first-order valence-electron chi connectivity index (χ1n) is 6.02. The number of sulfone groups is 1. The van der Waals surface area contributed by atoms with E-state index in [0.717, 1.165) is 0 Å². The number of hydrogen-bond acceptors (Lipinski definition) is 7. The van der Waals surface area contributed by atoms with Crippen molar-refractivity contribution in [1.29, 1.82) is 0 Å². The van der Waals surface area contributed by atoms with Crippen LogP contribution in [0.2, 0.25) is 5.15 Å². The lowest BCUT2D eigenvalue weighted by atomic mass is 10.2. The van der Waals surface area contributed by atoms with Crippen molar-refractivity contribution in [2.24, 2.45) is 0 Å². The van der Waals surface area contributed by atoms with Gasteiger partial charge in [0.25, 0.3) is 0 Å². The molecule has 11 heteroatoms. The molecule has 0 atom stereocenters. The van der Waals surface area contributed by atoms with E-state index in [0.29, 0.717) is 0 Å². The van der Waals surface area contributed by atoms with Crippen LogP contribution >= 0.6 is 11.6 Å². The molecule has 0 aromatic carbocycles. The molecular formula is C10H14ClN3O5S2. The summed E-state index contributed by atoms with van der Waals surface area (Å²) < 4.78 is 54.2. The van der Waals surface area contributed by atoms with Gasteiger partial charge >= 0.3 is 0 Å². The Kier molecular flexibility index (Phi) is 4.59. The molecule has 0 bridgehead atoms. The average molecular weight is 356 g/mol. The highest BCUT2D eigenvalue weighted by Gasteiger charge is 2.33. The van der Waals surface area contributed by atoms with Crippen LogP contribution in [0, 0.1) is 0 Å². The van der Waals surface area contributed by atoms with Gasteiger partial charge in [-0.2, -0.15) is 4.98 Å². The predicted octanol–water partition coefficient (Wildman–Crippen LogP) is 0.458. The summed E-state index contributed by atoms with van der Waals surface area (Å²) in [5.74, 6) is -0.358. The van der Waals surface area contributed by atoms with Crippen molar-refractivity contribution in [3.8, 4) is 5.88 Å². The molecule has 118 valence electrons. The summed E-state index contributed by atoms with van der Waals surface area (Å²) in [7, 11) is -5.55. The summed E-state index contributed by atoms with van der Waals surface area (Å²) in [5.41, 5.74) is 0. The molecule has 0 aliphatic carbocycles. The van der Waals surface area contributed by atoms with Crippen molar-refractivity contribution in [2.75, 3.05) is 23.3 Å². The van der Waals surface area contributed by atoms with Crippen molar-refractivity contribution in [3.63, 3.8) is 0 Å². The van der Waals surface area contributed by atoms with Crippen LogP contribution in [0.15, 0.2) is 6.07 Å². The number of methoxy groups -OCH3 is 1. The summed E-state index contributed by atoms with van der Waals surface area (Å²) in [4.78, 5) is 7.59.